The predicted molar refractivity (Wildman–Crippen MR) is 263 cm³/mol. The largest absolute Gasteiger partial charge is 0.314 e. The summed E-state index contributed by atoms with van der Waals surface area (Å²) in [6.45, 7) is 0. The van der Waals surface area contributed by atoms with Crippen molar-refractivity contribution in [1.82, 2.24) is 0 Å². The Morgan fingerprint density at radius 1 is 0.210 bits per heavy atom. The van der Waals surface area contributed by atoms with Crippen LogP contribution in [0.15, 0.2) is 261 Å². The summed E-state index contributed by atoms with van der Waals surface area (Å²) in [6, 6.07) is 87.2. The maximum Gasteiger partial charge on any atom is 0.0462 e. The summed E-state index contributed by atoms with van der Waals surface area (Å²) in [5.74, 6) is 0. The molecule has 1 aliphatic carbocycles. The molecule has 0 heterocycles. The van der Waals surface area contributed by atoms with Crippen LogP contribution in [-0.2, 0) is 0 Å². The first-order chi connectivity index (χ1) is 30.7. The highest BCUT2D eigenvalue weighted by Crippen LogP contribution is 2.40. The van der Waals surface area contributed by atoms with Gasteiger partial charge in [0, 0.05) is 34.1 Å². The molecule has 0 aliphatic heterocycles. The minimum atomic E-state index is 0.919. The highest BCUT2D eigenvalue weighted by atomic mass is 15.2. The molecule has 0 unspecified atom stereocenters. The Morgan fingerprint density at radius 2 is 0.468 bits per heavy atom. The average molecular weight is 795 g/mol. The van der Waals surface area contributed by atoms with Crippen LogP contribution in [-0.4, -0.2) is 0 Å². The third kappa shape index (κ3) is 8.28. The number of hydrogen-bond acceptors (Lipinski definition) is 2. The zero-order valence-electron chi connectivity index (χ0n) is 34.6. The van der Waals surface area contributed by atoms with Crippen molar-refractivity contribution in [3.8, 4) is 44.5 Å². The van der Waals surface area contributed by atoms with Crippen LogP contribution in [0.1, 0.15) is 18.4 Å². The Balaban J connectivity index is 0.955. The van der Waals surface area contributed by atoms with Crippen molar-refractivity contribution in [3.05, 3.63) is 266 Å². The Hall–Kier alpha value is -7.94. The number of allylic oxidation sites excluding steroid dienone is 4. The first-order valence-corrected chi connectivity index (χ1v) is 21.5. The fraction of sp³-hybridized carbons (Fsp3) is 0.0333. The van der Waals surface area contributed by atoms with Crippen molar-refractivity contribution < 1.29 is 0 Å². The lowest BCUT2D eigenvalue weighted by Gasteiger charge is -2.30. The van der Waals surface area contributed by atoms with Crippen LogP contribution in [0.3, 0.4) is 0 Å². The van der Waals surface area contributed by atoms with E-state index in [-0.39, 0.29) is 0 Å². The van der Waals surface area contributed by atoms with Gasteiger partial charge < -0.3 is 9.80 Å². The first kappa shape index (κ1) is 38.3. The smallest absolute Gasteiger partial charge is 0.0462 e. The van der Waals surface area contributed by atoms with Gasteiger partial charge >= 0.3 is 0 Å². The quantitative estimate of drug-likeness (QED) is 0.129. The second-order valence-corrected chi connectivity index (χ2v) is 15.7. The number of anilines is 5. The van der Waals surface area contributed by atoms with Gasteiger partial charge in [-0.25, -0.2) is 0 Å². The molecule has 0 saturated carbocycles. The van der Waals surface area contributed by atoms with Crippen LogP contribution in [0, 0.1) is 0 Å². The Bertz CT molecular complexity index is 2750. The number of nitrogens with zero attached hydrogens (tertiary/aromatic N) is 2. The second-order valence-electron chi connectivity index (χ2n) is 15.7. The second kappa shape index (κ2) is 17.7. The van der Waals surface area contributed by atoms with Crippen LogP contribution in [0.2, 0.25) is 0 Å². The molecular weight excluding hydrogens is 749 g/mol. The number of rotatable bonds is 11. The van der Waals surface area contributed by atoms with Gasteiger partial charge in [-0.15, -0.1) is 0 Å². The van der Waals surface area contributed by atoms with E-state index in [1.165, 1.54) is 61.3 Å². The van der Waals surface area contributed by atoms with Crippen LogP contribution >= 0.6 is 0 Å². The summed E-state index contributed by atoms with van der Waals surface area (Å²) in [4.78, 5) is 4.77. The van der Waals surface area contributed by atoms with Gasteiger partial charge in [0.25, 0.3) is 0 Å². The predicted octanol–water partition coefficient (Wildman–Crippen LogP) is 16.7. The van der Waals surface area contributed by atoms with Crippen molar-refractivity contribution in [3.63, 3.8) is 0 Å². The third-order valence-corrected chi connectivity index (χ3v) is 11.8. The van der Waals surface area contributed by atoms with Gasteiger partial charge in [-0.3, -0.25) is 0 Å². The molecular formula is C60H46N2. The van der Waals surface area contributed by atoms with Crippen molar-refractivity contribution in [2.45, 2.75) is 12.8 Å². The fourth-order valence-corrected chi connectivity index (χ4v) is 8.54. The normalized spacial score (nSPS) is 12.3. The van der Waals surface area contributed by atoms with E-state index in [4.69, 9.17) is 0 Å². The summed E-state index contributed by atoms with van der Waals surface area (Å²) >= 11 is 0. The minimum Gasteiger partial charge on any atom is -0.314 e. The van der Waals surface area contributed by atoms with E-state index < -0.39 is 0 Å². The van der Waals surface area contributed by atoms with Crippen molar-refractivity contribution in [2.75, 3.05) is 9.80 Å². The van der Waals surface area contributed by atoms with Crippen molar-refractivity contribution >= 4 is 34.0 Å². The molecule has 9 aromatic carbocycles. The van der Waals surface area contributed by atoms with Crippen LogP contribution in [0.5, 0.6) is 0 Å². The van der Waals surface area contributed by atoms with Gasteiger partial charge in [-0.1, -0.05) is 188 Å². The maximum atomic E-state index is 2.42. The van der Waals surface area contributed by atoms with Crippen LogP contribution < -0.4 is 9.80 Å². The lowest BCUT2D eigenvalue weighted by Crippen LogP contribution is -2.17. The topological polar surface area (TPSA) is 6.48 Å². The SMILES string of the molecule is C1=C(c2ccc(N(c3ccc(-c4ccccc4)cc3)c3ccc(-c4ccccc4)cc3)cc2)CCC(N(c2ccc(-c3ccccc3)cc2)c2ccc(-c3ccccc3)cc2)=C1. The number of benzene rings is 9. The average Bonchev–Trinajstić information content (AvgIpc) is 3.36. The molecule has 0 fully saturated rings. The monoisotopic (exact) mass is 794 g/mol. The molecule has 0 aromatic heterocycles. The summed E-state index contributed by atoms with van der Waals surface area (Å²) in [5.41, 5.74) is 19.2. The zero-order valence-corrected chi connectivity index (χ0v) is 34.6. The van der Waals surface area contributed by atoms with Gasteiger partial charge in [-0.05, 0) is 135 Å². The molecule has 296 valence electrons. The highest BCUT2D eigenvalue weighted by molar-refractivity contribution is 5.82. The van der Waals surface area contributed by atoms with E-state index in [0.717, 1.165) is 41.3 Å². The Kier molecular flexibility index (Phi) is 10.9. The van der Waals surface area contributed by atoms with Crippen molar-refractivity contribution in [2.24, 2.45) is 0 Å². The zero-order chi connectivity index (χ0) is 41.5. The van der Waals surface area contributed by atoms with E-state index in [2.05, 4.69) is 265 Å². The minimum absolute atomic E-state index is 0.919. The molecule has 2 heteroatoms. The standard InChI is InChI=1S/C60H46N2/c1-5-13-45(14-6-1)49-21-33-55(34-22-49)61(56-35-23-50(24-36-56)46-15-7-2-8-16-46)59-41-29-53(30-42-59)54-31-43-60(44-32-54)62(57-37-25-51(26-38-57)47-17-9-3-10-18-47)58-39-27-52(28-40-58)48-19-11-4-12-20-48/h1-31,33-43H,32,44H2. The Labute approximate surface area is 365 Å². The van der Waals surface area contributed by atoms with E-state index >= 15 is 0 Å². The molecule has 9 aromatic rings. The molecule has 1 aliphatic rings. The molecule has 0 spiro atoms. The first-order valence-electron chi connectivity index (χ1n) is 21.5. The molecule has 0 atom stereocenters. The molecule has 10 rings (SSSR count). The van der Waals surface area contributed by atoms with Gasteiger partial charge in [0.1, 0.15) is 0 Å². The lowest BCUT2D eigenvalue weighted by atomic mass is 9.94. The van der Waals surface area contributed by atoms with Gasteiger partial charge in [-0.2, -0.15) is 0 Å². The van der Waals surface area contributed by atoms with E-state index in [9.17, 15) is 0 Å². The van der Waals surface area contributed by atoms with Crippen molar-refractivity contribution in [1.29, 1.82) is 0 Å². The molecule has 0 N–H and O–H groups in total. The molecule has 0 saturated heterocycles. The van der Waals surface area contributed by atoms with Crippen LogP contribution in [0.4, 0.5) is 28.4 Å². The maximum absolute atomic E-state index is 2.42. The molecule has 0 amide bonds. The fourth-order valence-electron chi connectivity index (χ4n) is 8.54. The van der Waals surface area contributed by atoms with E-state index in [1.54, 1.807) is 0 Å². The summed E-state index contributed by atoms with van der Waals surface area (Å²) < 4.78 is 0. The van der Waals surface area contributed by atoms with E-state index in [1.807, 2.05) is 0 Å². The van der Waals surface area contributed by atoms with E-state index in [0.29, 0.717) is 0 Å². The summed E-state index contributed by atoms with van der Waals surface area (Å²) in [6.07, 6.45) is 6.50. The highest BCUT2D eigenvalue weighted by Gasteiger charge is 2.20. The molecule has 62 heavy (non-hydrogen) atoms. The third-order valence-electron chi connectivity index (χ3n) is 11.8. The Morgan fingerprint density at radius 3 is 0.742 bits per heavy atom. The molecule has 0 radical (unpaired) electrons. The van der Waals surface area contributed by atoms with Gasteiger partial charge in [0.05, 0.1) is 0 Å². The summed E-state index contributed by atoms with van der Waals surface area (Å²) in [7, 11) is 0. The molecule has 0 bridgehead atoms. The molecule has 2 nitrogen and oxygen atoms in total. The summed E-state index contributed by atoms with van der Waals surface area (Å²) in [5, 5.41) is 0. The van der Waals surface area contributed by atoms with Crippen LogP contribution in [0.25, 0.3) is 50.1 Å². The number of hydrogen-bond donors (Lipinski definition) is 0. The lowest BCUT2D eigenvalue weighted by molar-refractivity contribution is 0.930. The van der Waals surface area contributed by atoms with Gasteiger partial charge in [0.2, 0.25) is 0 Å². The van der Waals surface area contributed by atoms with Gasteiger partial charge in [0.15, 0.2) is 0 Å².